The van der Waals surface area contributed by atoms with E-state index in [1.807, 2.05) is 39.0 Å². The molecule has 19 heteroatoms. The number of carbonyl (C=O) groups excluding carboxylic acids is 5. The van der Waals surface area contributed by atoms with Crippen LogP contribution in [0, 0.1) is 35.5 Å². The summed E-state index contributed by atoms with van der Waals surface area (Å²) in [6, 6.07) is -1.22. The second kappa shape index (κ2) is 30.5. The maximum absolute atomic E-state index is 14.5. The first kappa shape index (κ1) is 63.9. The van der Waals surface area contributed by atoms with Gasteiger partial charge in [-0.2, -0.15) is 13.2 Å². The molecule has 0 spiro atoms. The topological polar surface area (TPSA) is 214 Å². The maximum atomic E-state index is 14.5. The fourth-order valence-electron chi connectivity index (χ4n) is 10.7. The lowest BCUT2D eigenvalue weighted by atomic mass is 9.78. The lowest BCUT2D eigenvalue weighted by Crippen LogP contribution is -2.61. The minimum atomic E-state index is -4.46. The van der Waals surface area contributed by atoms with Gasteiger partial charge < -0.3 is 53.4 Å². The van der Waals surface area contributed by atoms with Gasteiger partial charge in [-0.15, -0.1) is 0 Å². The monoisotopic (exact) mass is 1070 g/mol. The molecule has 75 heavy (non-hydrogen) atoms. The number of rotatable bonds is 13. The zero-order valence-electron chi connectivity index (χ0n) is 45.6. The predicted octanol–water partition coefficient (Wildman–Crippen LogP) is 7.15. The maximum Gasteiger partial charge on any atom is 0.411 e. The van der Waals surface area contributed by atoms with E-state index in [4.69, 9.17) is 28.4 Å². The van der Waals surface area contributed by atoms with E-state index < -0.39 is 96.6 Å². The molecule has 0 aromatic heterocycles. The number of hydrogen-bond acceptors (Lipinski definition) is 15. The van der Waals surface area contributed by atoms with Gasteiger partial charge in [0, 0.05) is 51.4 Å². The zero-order chi connectivity index (χ0) is 55.6. The Labute approximate surface area is 441 Å². The highest BCUT2D eigenvalue weighted by Crippen LogP contribution is 2.38. The van der Waals surface area contributed by atoms with Gasteiger partial charge in [0.15, 0.2) is 5.78 Å². The van der Waals surface area contributed by atoms with Crippen LogP contribution >= 0.6 is 0 Å². The van der Waals surface area contributed by atoms with Crippen LogP contribution in [0.4, 0.5) is 13.2 Å². The quantitative estimate of drug-likeness (QED) is 0.0723. The molecular weight excluding hydrogens is 984 g/mol. The van der Waals surface area contributed by atoms with Crippen molar-refractivity contribution in [3.05, 3.63) is 47.6 Å². The van der Waals surface area contributed by atoms with Crippen LogP contribution in [0.3, 0.4) is 0 Å². The van der Waals surface area contributed by atoms with Crippen LogP contribution in [0.2, 0.25) is 0 Å². The second-order valence-electron chi connectivity index (χ2n) is 21.5. The van der Waals surface area contributed by atoms with E-state index in [-0.39, 0.29) is 87.7 Å². The van der Waals surface area contributed by atoms with Crippen LogP contribution in [0.15, 0.2) is 47.6 Å². The van der Waals surface area contributed by atoms with Crippen molar-refractivity contribution in [1.82, 2.24) is 4.90 Å². The molecular formula is C56H86F3NO15. The average Bonchev–Trinajstić information content (AvgIpc) is 3.36. The Hall–Kier alpha value is -3.66. The van der Waals surface area contributed by atoms with Gasteiger partial charge in [-0.3, -0.25) is 19.2 Å². The minimum absolute atomic E-state index is 0.0191. The molecule has 3 heterocycles. The fourth-order valence-corrected chi connectivity index (χ4v) is 10.7. The Morgan fingerprint density at radius 3 is 2.24 bits per heavy atom. The van der Waals surface area contributed by atoms with Crippen LogP contribution in [-0.2, 0) is 57.1 Å². The van der Waals surface area contributed by atoms with Gasteiger partial charge in [0.25, 0.3) is 11.7 Å². The first-order valence-electron chi connectivity index (χ1n) is 26.9. The number of aliphatic hydroxyl groups excluding tert-OH is 2. The SMILES string of the molecule is CO[C@@H]1C[C@H](C[C@@H](C)[C@@H]2CC(=O)[C@H](C)/C=C(\C)[C@@H](O)[C@@H](OC)C(=O)[C@H](C)C[C@H](C)/C=C/C=C/C=C(\C)C(OCCOCCOCC(F)(F)F)C[C@@H]3CC[C@@H](C)[C@@](O)(O3)C(=O)C(=O)N3CCCC[C@H]3C(=O)O2)CC[C@H]1O. The van der Waals surface area contributed by atoms with Gasteiger partial charge >= 0.3 is 12.1 Å². The Balaban J connectivity index is 1.68. The lowest BCUT2D eigenvalue weighted by molar-refractivity contribution is -0.266. The number of carbonyl (C=O) groups is 5. The Morgan fingerprint density at radius 1 is 0.840 bits per heavy atom. The van der Waals surface area contributed by atoms with Crippen molar-refractivity contribution in [2.45, 2.75) is 186 Å². The number of methoxy groups -OCH3 is 2. The fraction of sp³-hybridized carbons (Fsp3) is 0.768. The smallest absolute Gasteiger partial charge is 0.411 e. The second-order valence-corrected chi connectivity index (χ2v) is 21.5. The molecule has 4 aliphatic rings. The third kappa shape index (κ3) is 19.3. The molecule has 1 unspecified atom stereocenters. The van der Waals surface area contributed by atoms with Crippen LogP contribution in [0.25, 0.3) is 0 Å². The standard InChI is InChI=1S/C56H86F3NO15/c1-34-15-11-10-12-16-35(2)46(73-26-25-71-23-24-72-33-55(57,58)59)31-42-20-18-40(7)56(68,75-42)52(65)53(66)60-22-14-13-17-43(60)54(67)74-47(37(4)29-41-19-21-44(61)48(30-41)69-8)32-45(62)36(3)28-39(6)50(64)51(70-9)49(63)38(5)27-34/h10-12,15-16,28,34,36-38,40-44,46-48,50-51,61,64,68H,13-14,17-27,29-33H2,1-9H3/b12-10+,15-11+,35-16+,39-28+/t34-,36-,37-,38-,40-,41+,42+,43+,44-,46?,47+,48-,50-,51+,56-/m1/s1. The third-order valence-corrected chi connectivity index (χ3v) is 15.4. The highest BCUT2D eigenvalue weighted by Gasteiger charge is 2.53. The summed E-state index contributed by atoms with van der Waals surface area (Å²) >= 11 is 0. The molecule has 3 fully saturated rings. The number of ether oxygens (including phenoxy) is 7. The summed E-state index contributed by atoms with van der Waals surface area (Å²) in [5.74, 6) is -8.80. The van der Waals surface area contributed by atoms with Crippen LogP contribution in [0.5, 0.6) is 0 Å². The number of fused-ring (bicyclic) bond motifs is 3. The van der Waals surface area contributed by atoms with Crippen molar-refractivity contribution in [3.63, 3.8) is 0 Å². The first-order chi connectivity index (χ1) is 35.4. The molecule has 0 aromatic carbocycles. The van der Waals surface area contributed by atoms with E-state index in [0.29, 0.717) is 63.4 Å². The van der Waals surface area contributed by atoms with Gasteiger partial charge in [-0.05, 0) is 107 Å². The minimum Gasteiger partial charge on any atom is -0.460 e. The summed E-state index contributed by atoms with van der Waals surface area (Å²) in [7, 11) is 2.89. The van der Waals surface area contributed by atoms with Gasteiger partial charge in [-0.1, -0.05) is 71.1 Å². The number of esters is 1. The van der Waals surface area contributed by atoms with Gasteiger partial charge in [0.05, 0.1) is 50.8 Å². The zero-order valence-corrected chi connectivity index (χ0v) is 45.6. The van der Waals surface area contributed by atoms with Crippen LogP contribution in [0.1, 0.15) is 126 Å². The van der Waals surface area contributed by atoms with Gasteiger partial charge in [-0.25, -0.2) is 4.79 Å². The molecule has 0 aromatic rings. The molecule has 15 atom stereocenters. The van der Waals surface area contributed by atoms with E-state index in [9.17, 15) is 52.5 Å². The van der Waals surface area contributed by atoms with E-state index in [1.165, 1.54) is 7.11 Å². The predicted molar refractivity (Wildman–Crippen MR) is 272 cm³/mol. The van der Waals surface area contributed by atoms with Gasteiger partial charge in [0.1, 0.15) is 36.7 Å². The molecule has 426 valence electrons. The molecule has 1 saturated carbocycles. The van der Waals surface area contributed by atoms with Crippen molar-refractivity contribution in [3.8, 4) is 0 Å². The van der Waals surface area contributed by atoms with Crippen molar-refractivity contribution >= 4 is 29.2 Å². The van der Waals surface area contributed by atoms with Crippen molar-refractivity contribution in [1.29, 1.82) is 0 Å². The molecule has 2 saturated heterocycles. The molecule has 4 rings (SSSR count). The molecule has 1 amide bonds. The van der Waals surface area contributed by atoms with E-state index >= 15 is 0 Å². The number of halogens is 3. The summed E-state index contributed by atoms with van der Waals surface area (Å²) < 4.78 is 77.4. The number of Topliss-reactive ketones (excluding diaryl/α,β-unsaturated/α-hetero) is 3. The highest BCUT2D eigenvalue weighted by molar-refractivity contribution is 6.39. The average molecular weight is 1070 g/mol. The largest absolute Gasteiger partial charge is 0.460 e. The number of aliphatic hydroxyl groups is 3. The molecule has 1 aliphatic carbocycles. The third-order valence-electron chi connectivity index (χ3n) is 15.4. The van der Waals surface area contributed by atoms with Crippen molar-refractivity contribution in [2.24, 2.45) is 35.5 Å². The molecule has 3 aliphatic heterocycles. The van der Waals surface area contributed by atoms with E-state index in [2.05, 4.69) is 4.74 Å². The summed E-state index contributed by atoms with van der Waals surface area (Å²) in [6.07, 6.45) is 4.79. The number of alkyl halides is 3. The molecule has 0 radical (unpaired) electrons. The van der Waals surface area contributed by atoms with Crippen LogP contribution in [-0.4, -0.2) is 164 Å². The summed E-state index contributed by atoms with van der Waals surface area (Å²) in [4.78, 5) is 72.4. The summed E-state index contributed by atoms with van der Waals surface area (Å²) in [5, 5.41) is 34.1. The normalized spacial score (nSPS) is 36.9. The van der Waals surface area contributed by atoms with Crippen molar-refractivity contribution < 1.29 is 85.6 Å². The molecule has 2 bridgehead atoms. The van der Waals surface area contributed by atoms with E-state index in [1.54, 1.807) is 53.0 Å². The van der Waals surface area contributed by atoms with Crippen molar-refractivity contribution in [2.75, 3.05) is 53.8 Å². The first-order valence-corrected chi connectivity index (χ1v) is 26.9. The Bertz CT molecular complexity index is 1990. The lowest BCUT2D eigenvalue weighted by Gasteiger charge is -2.43. The highest BCUT2D eigenvalue weighted by atomic mass is 19.4. The number of amides is 1. The summed E-state index contributed by atoms with van der Waals surface area (Å²) in [6.45, 7) is 10.6. The van der Waals surface area contributed by atoms with Crippen LogP contribution < -0.4 is 0 Å². The number of allylic oxidation sites excluding steroid dienone is 6. The Kier molecular flexibility index (Phi) is 26.0. The molecule has 16 nitrogen and oxygen atoms in total. The Morgan fingerprint density at radius 2 is 1.55 bits per heavy atom. The number of hydrogen-bond donors (Lipinski definition) is 3. The molecule has 3 N–H and O–H groups in total. The number of cyclic esters (lactones) is 1. The summed E-state index contributed by atoms with van der Waals surface area (Å²) in [5.41, 5.74) is 1.07. The van der Waals surface area contributed by atoms with Gasteiger partial charge in [0.2, 0.25) is 5.79 Å². The number of piperidine rings is 1. The number of nitrogens with zero attached hydrogens (tertiary/aromatic N) is 1. The van der Waals surface area contributed by atoms with E-state index in [0.717, 1.165) is 10.5 Å². The number of ketones is 3.